The lowest BCUT2D eigenvalue weighted by Crippen LogP contribution is -2.15. The maximum atomic E-state index is 12.6. The van der Waals surface area contributed by atoms with E-state index in [9.17, 15) is 14.7 Å². The second-order valence-corrected chi connectivity index (χ2v) is 7.06. The van der Waals surface area contributed by atoms with E-state index in [4.69, 9.17) is 0 Å². The number of nitrogens with one attached hydrogen (secondary N) is 1. The molecular weight excluding hydrogens is 404 g/mol. The average Bonchev–Trinajstić information content (AvgIpc) is 2.63. The summed E-state index contributed by atoms with van der Waals surface area (Å²) >= 11 is 4.58. The smallest absolute Gasteiger partial charge is 0.294 e. The fourth-order valence-electron chi connectivity index (χ4n) is 2.14. The van der Waals surface area contributed by atoms with Crippen molar-refractivity contribution < 1.29 is 9.90 Å². The van der Waals surface area contributed by atoms with Crippen molar-refractivity contribution in [3.05, 3.63) is 86.2 Å². The van der Waals surface area contributed by atoms with Gasteiger partial charge in [0.1, 0.15) is 0 Å². The molecular formula is C18H13BrN2O3S. The zero-order valence-electron chi connectivity index (χ0n) is 12.9. The van der Waals surface area contributed by atoms with Gasteiger partial charge in [-0.2, -0.15) is 0 Å². The van der Waals surface area contributed by atoms with E-state index in [1.165, 1.54) is 11.8 Å². The monoisotopic (exact) mass is 416 g/mol. The first-order valence-electron chi connectivity index (χ1n) is 7.35. The molecule has 0 amide bonds. The van der Waals surface area contributed by atoms with Crippen molar-refractivity contribution in [1.29, 1.82) is 0 Å². The lowest BCUT2D eigenvalue weighted by molar-refractivity contribution is 0.103. The third-order valence-corrected chi connectivity index (χ3v) is 4.89. The molecule has 3 rings (SSSR count). The zero-order valence-corrected chi connectivity index (χ0v) is 15.3. The maximum absolute atomic E-state index is 12.6. The Labute approximate surface area is 156 Å². The molecule has 0 saturated carbocycles. The van der Waals surface area contributed by atoms with E-state index in [1.54, 1.807) is 24.3 Å². The van der Waals surface area contributed by atoms with E-state index in [2.05, 4.69) is 25.9 Å². The first-order chi connectivity index (χ1) is 12.0. The molecule has 2 N–H and O–H groups in total. The summed E-state index contributed by atoms with van der Waals surface area (Å²) in [5.41, 5.74) is 0.423. The Morgan fingerprint density at radius 3 is 2.48 bits per heavy atom. The van der Waals surface area contributed by atoms with Gasteiger partial charge in [-0.25, -0.2) is 4.98 Å². The Bertz CT molecular complexity index is 956. The highest BCUT2D eigenvalue weighted by Gasteiger charge is 2.19. The number of thioether (sulfide) groups is 1. The van der Waals surface area contributed by atoms with E-state index < -0.39 is 17.1 Å². The molecule has 1 aromatic heterocycles. The number of halogens is 1. The number of hydrogen-bond donors (Lipinski definition) is 2. The molecule has 7 heteroatoms. The molecule has 2 aromatic carbocycles. The fraction of sp³-hybridized carbons (Fsp3) is 0.0556. The van der Waals surface area contributed by atoms with Gasteiger partial charge in [0.15, 0.2) is 10.9 Å². The first kappa shape index (κ1) is 17.4. The first-order valence-corrected chi connectivity index (χ1v) is 9.13. The van der Waals surface area contributed by atoms with Crippen LogP contribution in [0.2, 0.25) is 0 Å². The second kappa shape index (κ2) is 7.67. The van der Waals surface area contributed by atoms with E-state index in [-0.39, 0.29) is 10.9 Å². The number of carbonyl (C=O) groups excluding carboxylic acids is 1. The Kier molecular flexibility index (Phi) is 5.35. The molecule has 0 bridgehead atoms. The normalized spacial score (nSPS) is 10.6. The summed E-state index contributed by atoms with van der Waals surface area (Å²) in [5, 5.41) is 10.2. The van der Waals surface area contributed by atoms with Crippen molar-refractivity contribution in [1.82, 2.24) is 9.97 Å². The largest absolute Gasteiger partial charge is 0.501 e. The number of carbonyl (C=O) groups is 1. The molecule has 5 nitrogen and oxygen atoms in total. The van der Waals surface area contributed by atoms with E-state index in [1.807, 2.05) is 30.3 Å². The molecule has 0 aliphatic carbocycles. The topological polar surface area (TPSA) is 83.0 Å². The number of rotatable bonds is 5. The number of aromatic hydroxyl groups is 1. The number of benzene rings is 2. The summed E-state index contributed by atoms with van der Waals surface area (Å²) in [7, 11) is 0. The quantitative estimate of drug-likeness (QED) is 0.375. The van der Waals surface area contributed by atoms with Crippen LogP contribution in [0.1, 0.15) is 21.6 Å². The molecule has 0 radical (unpaired) electrons. The van der Waals surface area contributed by atoms with Gasteiger partial charge in [0, 0.05) is 15.8 Å². The Morgan fingerprint density at radius 2 is 1.80 bits per heavy atom. The second-order valence-electron chi connectivity index (χ2n) is 5.18. The Hall–Kier alpha value is -2.38. The minimum atomic E-state index is -0.731. The third kappa shape index (κ3) is 4.18. The Morgan fingerprint density at radius 1 is 1.12 bits per heavy atom. The van der Waals surface area contributed by atoms with Crippen LogP contribution in [0.5, 0.6) is 5.75 Å². The maximum Gasteiger partial charge on any atom is 0.294 e. The van der Waals surface area contributed by atoms with E-state index >= 15 is 0 Å². The highest BCUT2D eigenvalue weighted by molar-refractivity contribution is 9.10. The predicted octanol–water partition coefficient (Wildman–Crippen LogP) is 3.76. The molecule has 0 fully saturated rings. The third-order valence-electron chi connectivity index (χ3n) is 3.41. The minimum Gasteiger partial charge on any atom is -0.501 e. The van der Waals surface area contributed by atoms with Gasteiger partial charge in [0.25, 0.3) is 5.56 Å². The average molecular weight is 417 g/mol. The van der Waals surface area contributed by atoms with Crippen LogP contribution in [0.4, 0.5) is 0 Å². The van der Waals surface area contributed by atoms with Gasteiger partial charge in [0.2, 0.25) is 11.5 Å². The summed E-state index contributed by atoms with van der Waals surface area (Å²) in [6.45, 7) is 0. The molecule has 0 atom stereocenters. The van der Waals surface area contributed by atoms with Crippen LogP contribution in [-0.4, -0.2) is 20.9 Å². The number of H-pyrrole nitrogens is 1. The number of ketones is 1. The lowest BCUT2D eigenvalue weighted by Gasteiger charge is -2.06. The van der Waals surface area contributed by atoms with Gasteiger partial charge in [-0.15, -0.1) is 0 Å². The van der Waals surface area contributed by atoms with Crippen molar-refractivity contribution >= 4 is 33.5 Å². The summed E-state index contributed by atoms with van der Waals surface area (Å²) < 4.78 is 0.825. The van der Waals surface area contributed by atoms with Crippen LogP contribution in [0.3, 0.4) is 0 Å². The SMILES string of the molecule is O=C(c1ccc(Br)cc1)c1nc(SCc2ccccc2)[nH]c(=O)c1O. The van der Waals surface area contributed by atoms with Crippen LogP contribution in [-0.2, 0) is 5.75 Å². The van der Waals surface area contributed by atoms with Gasteiger partial charge in [0.05, 0.1) is 0 Å². The number of nitrogens with zero attached hydrogens (tertiary/aromatic N) is 1. The molecule has 1 heterocycles. The van der Waals surface area contributed by atoms with Crippen molar-refractivity contribution in [2.75, 3.05) is 0 Å². The Balaban J connectivity index is 1.89. The van der Waals surface area contributed by atoms with Gasteiger partial charge in [-0.1, -0.05) is 58.0 Å². The predicted molar refractivity (Wildman–Crippen MR) is 100 cm³/mol. The molecule has 0 aliphatic heterocycles. The van der Waals surface area contributed by atoms with Gasteiger partial charge < -0.3 is 5.11 Å². The van der Waals surface area contributed by atoms with E-state index in [0.717, 1.165) is 10.0 Å². The zero-order chi connectivity index (χ0) is 17.8. The molecule has 0 aliphatic rings. The van der Waals surface area contributed by atoms with Crippen molar-refractivity contribution in [3.8, 4) is 5.75 Å². The van der Waals surface area contributed by atoms with Crippen molar-refractivity contribution in [2.24, 2.45) is 0 Å². The highest BCUT2D eigenvalue weighted by atomic mass is 79.9. The van der Waals surface area contributed by atoms with Gasteiger partial charge in [-0.3, -0.25) is 14.6 Å². The minimum absolute atomic E-state index is 0.248. The fourth-order valence-corrected chi connectivity index (χ4v) is 3.22. The number of aromatic nitrogens is 2. The molecule has 126 valence electrons. The van der Waals surface area contributed by atoms with Crippen LogP contribution >= 0.6 is 27.7 Å². The molecule has 0 unspecified atom stereocenters. The number of aromatic amines is 1. The number of hydrogen-bond acceptors (Lipinski definition) is 5. The summed E-state index contributed by atoms with van der Waals surface area (Å²) in [4.78, 5) is 31.1. The van der Waals surface area contributed by atoms with Crippen LogP contribution < -0.4 is 5.56 Å². The molecule has 25 heavy (non-hydrogen) atoms. The summed E-state index contributed by atoms with van der Waals surface area (Å²) in [6, 6.07) is 16.3. The van der Waals surface area contributed by atoms with Crippen LogP contribution in [0.15, 0.2) is 69.0 Å². The summed E-state index contributed by atoms with van der Waals surface area (Å²) in [6.07, 6.45) is 0. The molecule has 3 aromatic rings. The summed E-state index contributed by atoms with van der Waals surface area (Å²) in [5.74, 6) is -0.588. The lowest BCUT2D eigenvalue weighted by atomic mass is 10.1. The van der Waals surface area contributed by atoms with Crippen molar-refractivity contribution in [3.63, 3.8) is 0 Å². The van der Waals surface area contributed by atoms with Crippen LogP contribution in [0, 0.1) is 0 Å². The highest BCUT2D eigenvalue weighted by Crippen LogP contribution is 2.22. The van der Waals surface area contributed by atoms with Crippen molar-refractivity contribution in [2.45, 2.75) is 10.9 Å². The molecule has 0 saturated heterocycles. The standard InChI is InChI=1S/C18H13BrN2O3S/c19-13-8-6-12(7-9-13)15(22)14-16(23)17(24)21-18(20-14)25-10-11-4-2-1-3-5-11/h1-9,23H,10H2,(H,20,21,24). The van der Waals surface area contributed by atoms with Gasteiger partial charge >= 0.3 is 0 Å². The molecule has 0 spiro atoms. The van der Waals surface area contributed by atoms with E-state index in [0.29, 0.717) is 11.3 Å². The van der Waals surface area contributed by atoms with Gasteiger partial charge in [-0.05, 0) is 29.8 Å². The van der Waals surface area contributed by atoms with Crippen LogP contribution in [0.25, 0.3) is 0 Å².